The topological polar surface area (TPSA) is 67.2 Å². The van der Waals surface area contributed by atoms with E-state index in [-0.39, 0.29) is 5.91 Å². The summed E-state index contributed by atoms with van der Waals surface area (Å²) in [6, 6.07) is 7.38. The monoisotopic (exact) mass is 319 g/mol. The van der Waals surface area contributed by atoms with Crippen LogP contribution in [0.1, 0.15) is 12.3 Å². The first-order valence-corrected chi connectivity index (χ1v) is 7.76. The van der Waals surface area contributed by atoms with Gasteiger partial charge in [-0.3, -0.25) is 4.79 Å². The minimum atomic E-state index is 0.0399. The summed E-state index contributed by atoms with van der Waals surface area (Å²) in [4.78, 5) is 16.0. The molecule has 0 aliphatic carbocycles. The van der Waals surface area contributed by atoms with E-state index in [0.717, 1.165) is 25.2 Å². The number of rotatable bonds is 6. The smallest absolute Gasteiger partial charge is 0.220 e. The van der Waals surface area contributed by atoms with Crippen molar-refractivity contribution in [1.29, 1.82) is 0 Å². The third kappa shape index (κ3) is 3.87. The molecule has 2 N–H and O–H groups in total. The Balaban J connectivity index is 1.48. The third-order valence-corrected chi connectivity index (χ3v) is 3.95. The largest absolute Gasteiger partial charge is 0.441 e. The molecule has 0 radical (unpaired) electrons. The second kappa shape index (κ2) is 6.94. The quantitative estimate of drug-likeness (QED) is 0.857. The summed E-state index contributed by atoms with van der Waals surface area (Å²) in [7, 11) is 0. The Morgan fingerprint density at radius 2 is 2.14 bits per heavy atom. The Labute approximate surface area is 134 Å². The summed E-state index contributed by atoms with van der Waals surface area (Å²) in [6.07, 6.45) is 2.57. The number of oxazole rings is 1. The van der Waals surface area contributed by atoms with E-state index in [1.54, 1.807) is 6.20 Å². The SMILES string of the molecule is O=C(CCc1ncc(-c2ccc(Cl)cc2)o1)NCC1CNC1. The predicted octanol–water partition coefficient (Wildman–Crippen LogP) is 2.26. The zero-order chi connectivity index (χ0) is 15.4. The number of hydrogen-bond donors (Lipinski definition) is 2. The number of aryl methyl sites for hydroxylation is 1. The van der Waals surface area contributed by atoms with Crippen molar-refractivity contribution in [1.82, 2.24) is 15.6 Å². The Bertz CT molecular complexity index is 635. The highest BCUT2D eigenvalue weighted by atomic mass is 35.5. The fourth-order valence-electron chi connectivity index (χ4n) is 2.23. The number of halogens is 1. The highest BCUT2D eigenvalue weighted by molar-refractivity contribution is 6.30. The maximum Gasteiger partial charge on any atom is 0.220 e. The van der Waals surface area contributed by atoms with Gasteiger partial charge in [0.15, 0.2) is 11.7 Å². The van der Waals surface area contributed by atoms with Gasteiger partial charge in [-0.1, -0.05) is 11.6 Å². The molecule has 1 aliphatic rings. The van der Waals surface area contributed by atoms with E-state index >= 15 is 0 Å². The molecule has 22 heavy (non-hydrogen) atoms. The van der Waals surface area contributed by atoms with Gasteiger partial charge in [0.2, 0.25) is 5.91 Å². The van der Waals surface area contributed by atoms with Gasteiger partial charge in [0.05, 0.1) is 6.20 Å². The zero-order valence-electron chi connectivity index (χ0n) is 12.1. The van der Waals surface area contributed by atoms with Gasteiger partial charge >= 0.3 is 0 Å². The van der Waals surface area contributed by atoms with Crippen LogP contribution in [-0.2, 0) is 11.2 Å². The molecule has 116 valence electrons. The highest BCUT2D eigenvalue weighted by Crippen LogP contribution is 2.22. The van der Waals surface area contributed by atoms with Crippen LogP contribution < -0.4 is 10.6 Å². The number of benzene rings is 1. The first-order valence-electron chi connectivity index (χ1n) is 7.39. The van der Waals surface area contributed by atoms with Crippen LogP contribution in [0.15, 0.2) is 34.9 Å². The van der Waals surface area contributed by atoms with Gasteiger partial charge in [0, 0.05) is 49.0 Å². The van der Waals surface area contributed by atoms with Crippen molar-refractivity contribution in [2.75, 3.05) is 19.6 Å². The third-order valence-electron chi connectivity index (χ3n) is 3.70. The van der Waals surface area contributed by atoms with Crippen LogP contribution in [0.4, 0.5) is 0 Å². The summed E-state index contributed by atoms with van der Waals surface area (Å²) in [5.74, 6) is 1.87. The predicted molar refractivity (Wildman–Crippen MR) is 84.6 cm³/mol. The van der Waals surface area contributed by atoms with E-state index < -0.39 is 0 Å². The Morgan fingerprint density at radius 1 is 1.36 bits per heavy atom. The van der Waals surface area contributed by atoms with Crippen LogP contribution in [0.25, 0.3) is 11.3 Å². The van der Waals surface area contributed by atoms with Gasteiger partial charge in [-0.25, -0.2) is 4.98 Å². The maximum absolute atomic E-state index is 11.8. The number of hydrogen-bond acceptors (Lipinski definition) is 4. The van der Waals surface area contributed by atoms with E-state index in [1.807, 2.05) is 24.3 Å². The molecule has 1 amide bonds. The van der Waals surface area contributed by atoms with Gasteiger partial charge < -0.3 is 15.1 Å². The van der Waals surface area contributed by atoms with Crippen molar-refractivity contribution in [2.24, 2.45) is 5.92 Å². The molecule has 0 atom stereocenters. The van der Waals surface area contributed by atoms with Crippen LogP contribution in [0.3, 0.4) is 0 Å². The van der Waals surface area contributed by atoms with Gasteiger partial charge in [0.25, 0.3) is 0 Å². The van der Waals surface area contributed by atoms with E-state index in [1.165, 1.54) is 0 Å². The normalized spacial score (nSPS) is 14.6. The average Bonchev–Trinajstić information content (AvgIpc) is 2.93. The first kappa shape index (κ1) is 15.1. The Morgan fingerprint density at radius 3 is 2.82 bits per heavy atom. The summed E-state index contributed by atoms with van der Waals surface area (Å²) >= 11 is 5.86. The summed E-state index contributed by atoms with van der Waals surface area (Å²) in [5.41, 5.74) is 0.921. The van der Waals surface area contributed by atoms with Crippen LogP contribution in [0.5, 0.6) is 0 Å². The van der Waals surface area contributed by atoms with Gasteiger partial charge in [0.1, 0.15) is 0 Å². The lowest BCUT2D eigenvalue weighted by molar-refractivity contribution is -0.121. The molecular weight excluding hydrogens is 302 g/mol. The minimum Gasteiger partial charge on any atom is -0.441 e. The van der Waals surface area contributed by atoms with E-state index in [4.69, 9.17) is 16.0 Å². The Kier molecular flexibility index (Phi) is 4.75. The van der Waals surface area contributed by atoms with Gasteiger partial charge in [-0.2, -0.15) is 0 Å². The number of carbonyl (C=O) groups excluding carboxylic acids is 1. The lowest BCUT2D eigenvalue weighted by Gasteiger charge is -2.27. The second-order valence-corrected chi connectivity index (χ2v) is 5.89. The van der Waals surface area contributed by atoms with E-state index in [9.17, 15) is 4.79 Å². The number of nitrogens with zero attached hydrogens (tertiary/aromatic N) is 1. The van der Waals surface area contributed by atoms with Crippen LogP contribution in [0.2, 0.25) is 5.02 Å². The molecule has 0 spiro atoms. The van der Waals surface area contributed by atoms with Gasteiger partial charge in [-0.15, -0.1) is 0 Å². The molecule has 1 fully saturated rings. The summed E-state index contributed by atoms with van der Waals surface area (Å²) in [5, 5.41) is 6.80. The lowest BCUT2D eigenvalue weighted by atomic mass is 10.0. The molecule has 2 heterocycles. The van der Waals surface area contributed by atoms with Crippen molar-refractivity contribution in [3.63, 3.8) is 0 Å². The van der Waals surface area contributed by atoms with Crippen molar-refractivity contribution in [3.05, 3.63) is 41.4 Å². The van der Waals surface area contributed by atoms with Crippen molar-refractivity contribution in [2.45, 2.75) is 12.8 Å². The van der Waals surface area contributed by atoms with Crippen molar-refractivity contribution < 1.29 is 9.21 Å². The Hall–Kier alpha value is -1.85. The lowest BCUT2D eigenvalue weighted by Crippen LogP contribution is -2.48. The van der Waals surface area contributed by atoms with Crippen molar-refractivity contribution >= 4 is 17.5 Å². The fraction of sp³-hybridized carbons (Fsp3) is 0.375. The average molecular weight is 320 g/mol. The fourth-order valence-corrected chi connectivity index (χ4v) is 2.36. The highest BCUT2D eigenvalue weighted by Gasteiger charge is 2.17. The molecule has 0 saturated carbocycles. The molecule has 1 aliphatic heterocycles. The number of aromatic nitrogens is 1. The molecular formula is C16H18ClN3O2. The summed E-state index contributed by atoms with van der Waals surface area (Å²) < 4.78 is 5.67. The molecule has 1 saturated heterocycles. The zero-order valence-corrected chi connectivity index (χ0v) is 12.9. The molecule has 6 heteroatoms. The molecule has 2 aromatic rings. The molecule has 5 nitrogen and oxygen atoms in total. The number of carbonyl (C=O) groups is 1. The molecule has 0 bridgehead atoms. The minimum absolute atomic E-state index is 0.0399. The maximum atomic E-state index is 11.8. The van der Waals surface area contributed by atoms with Crippen LogP contribution in [-0.4, -0.2) is 30.5 Å². The molecule has 1 aromatic heterocycles. The van der Waals surface area contributed by atoms with Gasteiger partial charge in [-0.05, 0) is 24.3 Å². The van der Waals surface area contributed by atoms with Crippen LogP contribution in [0, 0.1) is 5.92 Å². The first-order chi connectivity index (χ1) is 10.7. The molecule has 1 aromatic carbocycles. The van der Waals surface area contributed by atoms with E-state index in [2.05, 4.69) is 15.6 Å². The van der Waals surface area contributed by atoms with Crippen LogP contribution >= 0.6 is 11.6 Å². The second-order valence-electron chi connectivity index (χ2n) is 5.45. The van der Waals surface area contributed by atoms with E-state index in [0.29, 0.717) is 35.4 Å². The molecule has 3 rings (SSSR count). The number of nitrogens with one attached hydrogen (secondary N) is 2. The van der Waals surface area contributed by atoms with Crippen molar-refractivity contribution in [3.8, 4) is 11.3 Å². The molecule has 0 unspecified atom stereocenters. The standard InChI is InChI=1S/C16H18ClN3O2/c17-13-3-1-12(2-4-13)14-10-20-16(22-14)6-5-15(21)19-9-11-7-18-8-11/h1-4,10-11,18H,5-9H2,(H,19,21). The number of amides is 1. The summed E-state index contributed by atoms with van der Waals surface area (Å²) in [6.45, 7) is 2.72.